The Hall–Kier alpha value is -0.340. The number of aliphatic hydroxyl groups is 1. The van der Waals surface area contributed by atoms with Crippen molar-refractivity contribution in [2.24, 2.45) is 5.41 Å². The molecule has 2 rings (SSSR count). The molecule has 0 saturated heterocycles. The topological polar surface area (TPSA) is 20.2 Å². The van der Waals surface area contributed by atoms with Crippen LogP contribution in [0.2, 0.25) is 0 Å². The number of aryl methyl sites for hydroxylation is 2. The first kappa shape index (κ1) is 10.2. The van der Waals surface area contributed by atoms with E-state index in [9.17, 15) is 5.11 Å². The minimum absolute atomic E-state index is 0.0403. The molecular formula is C12H18OS. The lowest BCUT2D eigenvalue weighted by Gasteiger charge is -2.20. The van der Waals surface area contributed by atoms with Crippen molar-refractivity contribution in [2.75, 3.05) is 6.61 Å². The maximum Gasteiger partial charge on any atom is 0.0485 e. The Morgan fingerprint density at radius 3 is 2.86 bits per heavy atom. The van der Waals surface area contributed by atoms with Gasteiger partial charge in [-0.05, 0) is 42.7 Å². The largest absolute Gasteiger partial charge is 0.396 e. The van der Waals surface area contributed by atoms with Gasteiger partial charge in [0.1, 0.15) is 0 Å². The van der Waals surface area contributed by atoms with Gasteiger partial charge in [-0.15, -0.1) is 11.3 Å². The average Bonchev–Trinajstić information content (AvgIpc) is 2.63. The van der Waals surface area contributed by atoms with Gasteiger partial charge in [-0.3, -0.25) is 0 Å². The van der Waals surface area contributed by atoms with Gasteiger partial charge in [0.15, 0.2) is 0 Å². The SMILES string of the molecule is CC(C)(CO)Cc1cc2c(s1)CCC2. The molecule has 0 unspecified atom stereocenters. The highest BCUT2D eigenvalue weighted by atomic mass is 32.1. The van der Waals surface area contributed by atoms with Crippen molar-refractivity contribution in [1.29, 1.82) is 0 Å². The van der Waals surface area contributed by atoms with Crippen LogP contribution >= 0.6 is 11.3 Å². The van der Waals surface area contributed by atoms with Crippen molar-refractivity contribution >= 4 is 11.3 Å². The van der Waals surface area contributed by atoms with Crippen LogP contribution in [0.4, 0.5) is 0 Å². The summed E-state index contributed by atoms with van der Waals surface area (Å²) >= 11 is 1.95. The van der Waals surface area contributed by atoms with Gasteiger partial charge < -0.3 is 5.11 Å². The van der Waals surface area contributed by atoms with E-state index in [2.05, 4.69) is 19.9 Å². The molecule has 0 bridgehead atoms. The molecule has 0 aliphatic heterocycles. The van der Waals surface area contributed by atoms with E-state index in [0.717, 1.165) is 6.42 Å². The molecule has 1 aliphatic rings. The highest BCUT2D eigenvalue weighted by molar-refractivity contribution is 7.12. The molecule has 0 aromatic carbocycles. The molecule has 1 aliphatic carbocycles. The van der Waals surface area contributed by atoms with Gasteiger partial charge >= 0.3 is 0 Å². The first-order valence-electron chi connectivity index (χ1n) is 5.32. The van der Waals surface area contributed by atoms with E-state index in [4.69, 9.17) is 0 Å². The van der Waals surface area contributed by atoms with Crippen LogP contribution < -0.4 is 0 Å². The maximum atomic E-state index is 9.21. The van der Waals surface area contributed by atoms with Crippen LogP contribution in [0, 0.1) is 5.41 Å². The van der Waals surface area contributed by atoms with E-state index in [0.29, 0.717) is 0 Å². The molecule has 0 radical (unpaired) electrons. The molecule has 1 nitrogen and oxygen atoms in total. The second kappa shape index (κ2) is 3.67. The van der Waals surface area contributed by atoms with E-state index in [1.807, 2.05) is 11.3 Å². The van der Waals surface area contributed by atoms with Crippen molar-refractivity contribution in [3.63, 3.8) is 0 Å². The summed E-state index contributed by atoms with van der Waals surface area (Å²) in [4.78, 5) is 3.04. The summed E-state index contributed by atoms with van der Waals surface area (Å²) in [6.45, 7) is 4.52. The molecule has 78 valence electrons. The lowest BCUT2D eigenvalue weighted by Crippen LogP contribution is -2.19. The summed E-state index contributed by atoms with van der Waals surface area (Å²) in [5.41, 5.74) is 1.61. The summed E-state index contributed by atoms with van der Waals surface area (Å²) in [7, 11) is 0. The van der Waals surface area contributed by atoms with Crippen LogP contribution in [0.1, 0.15) is 35.6 Å². The van der Waals surface area contributed by atoms with Crippen molar-refractivity contribution in [3.05, 3.63) is 21.4 Å². The summed E-state index contributed by atoms with van der Waals surface area (Å²) in [6.07, 6.45) is 4.90. The lowest BCUT2D eigenvalue weighted by atomic mass is 9.90. The normalized spacial score (nSPS) is 15.9. The minimum atomic E-state index is 0.0403. The Labute approximate surface area is 89.8 Å². The van der Waals surface area contributed by atoms with E-state index in [1.54, 1.807) is 10.4 Å². The van der Waals surface area contributed by atoms with Gasteiger partial charge in [-0.2, -0.15) is 0 Å². The van der Waals surface area contributed by atoms with Gasteiger partial charge in [-0.1, -0.05) is 13.8 Å². The summed E-state index contributed by atoms with van der Waals surface area (Å²) < 4.78 is 0. The highest BCUT2D eigenvalue weighted by Crippen LogP contribution is 2.33. The Morgan fingerprint density at radius 2 is 2.21 bits per heavy atom. The molecule has 0 atom stereocenters. The molecular weight excluding hydrogens is 192 g/mol. The summed E-state index contributed by atoms with van der Waals surface area (Å²) in [5, 5.41) is 9.21. The van der Waals surface area contributed by atoms with E-state index in [1.165, 1.54) is 24.1 Å². The Morgan fingerprint density at radius 1 is 1.43 bits per heavy atom. The predicted octanol–water partition coefficient (Wildman–Crippen LogP) is 2.80. The molecule has 14 heavy (non-hydrogen) atoms. The fourth-order valence-electron chi connectivity index (χ4n) is 2.01. The second-order valence-corrected chi connectivity index (χ2v) is 6.24. The van der Waals surface area contributed by atoms with Crippen LogP contribution in [0.5, 0.6) is 0 Å². The number of hydrogen-bond acceptors (Lipinski definition) is 2. The third kappa shape index (κ3) is 2.01. The number of thiophene rings is 1. The fourth-order valence-corrected chi connectivity index (χ4v) is 3.52. The van der Waals surface area contributed by atoms with Gasteiger partial charge in [0.2, 0.25) is 0 Å². The number of hydrogen-bond donors (Lipinski definition) is 1. The molecule has 0 amide bonds. The van der Waals surface area contributed by atoms with Crippen LogP contribution in [-0.4, -0.2) is 11.7 Å². The molecule has 0 fully saturated rings. The lowest BCUT2D eigenvalue weighted by molar-refractivity contribution is 0.160. The third-order valence-electron chi connectivity index (χ3n) is 2.88. The van der Waals surface area contributed by atoms with Crippen LogP contribution in [-0.2, 0) is 19.3 Å². The molecule has 1 N–H and O–H groups in total. The van der Waals surface area contributed by atoms with Crippen LogP contribution in [0.25, 0.3) is 0 Å². The standard InChI is InChI=1S/C12H18OS/c1-12(2,8-13)7-10-6-9-4-3-5-11(9)14-10/h6,13H,3-5,7-8H2,1-2H3. The molecule has 0 spiro atoms. The highest BCUT2D eigenvalue weighted by Gasteiger charge is 2.21. The Bertz CT molecular complexity index is 304. The van der Waals surface area contributed by atoms with E-state index >= 15 is 0 Å². The fraction of sp³-hybridized carbons (Fsp3) is 0.667. The first-order valence-corrected chi connectivity index (χ1v) is 6.14. The number of fused-ring (bicyclic) bond motifs is 1. The number of rotatable bonds is 3. The maximum absolute atomic E-state index is 9.21. The number of aliphatic hydroxyl groups excluding tert-OH is 1. The van der Waals surface area contributed by atoms with Crippen molar-refractivity contribution < 1.29 is 5.11 Å². The molecule has 1 heterocycles. The third-order valence-corrected chi connectivity index (χ3v) is 4.12. The summed E-state index contributed by atoms with van der Waals surface area (Å²) in [6, 6.07) is 2.35. The Balaban J connectivity index is 2.11. The molecule has 1 aromatic heterocycles. The smallest absolute Gasteiger partial charge is 0.0485 e. The first-order chi connectivity index (χ1) is 6.61. The van der Waals surface area contributed by atoms with Crippen LogP contribution in [0.15, 0.2) is 6.07 Å². The van der Waals surface area contributed by atoms with Gasteiger partial charge in [0, 0.05) is 16.4 Å². The minimum Gasteiger partial charge on any atom is -0.396 e. The van der Waals surface area contributed by atoms with Crippen molar-refractivity contribution in [3.8, 4) is 0 Å². The van der Waals surface area contributed by atoms with E-state index < -0.39 is 0 Å². The van der Waals surface area contributed by atoms with E-state index in [-0.39, 0.29) is 12.0 Å². The second-order valence-electron chi connectivity index (χ2n) is 5.01. The molecule has 2 heteroatoms. The zero-order valence-electron chi connectivity index (χ0n) is 8.97. The quantitative estimate of drug-likeness (QED) is 0.813. The summed E-state index contributed by atoms with van der Waals surface area (Å²) in [5.74, 6) is 0. The van der Waals surface area contributed by atoms with Gasteiger partial charge in [-0.25, -0.2) is 0 Å². The van der Waals surface area contributed by atoms with Crippen molar-refractivity contribution in [2.45, 2.75) is 39.5 Å². The molecule has 0 saturated carbocycles. The predicted molar refractivity (Wildman–Crippen MR) is 60.9 cm³/mol. The van der Waals surface area contributed by atoms with Gasteiger partial charge in [0.05, 0.1) is 0 Å². The zero-order chi connectivity index (χ0) is 10.2. The monoisotopic (exact) mass is 210 g/mol. The van der Waals surface area contributed by atoms with Gasteiger partial charge in [0.25, 0.3) is 0 Å². The Kier molecular flexibility index (Phi) is 2.67. The average molecular weight is 210 g/mol. The zero-order valence-corrected chi connectivity index (χ0v) is 9.78. The van der Waals surface area contributed by atoms with Crippen LogP contribution in [0.3, 0.4) is 0 Å². The van der Waals surface area contributed by atoms with Crippen molar-refractivity contribution in [1.82, 2.24) is 0 Å². The molecule has 1 aromatic rings.